The van der Waals surface area contributed by atoms with Gasteiger partial charge < -0.3 is 10.8 Å². The van der Waals surface area contributed by atoms with E-state index in [1.54, 1.807) is 0 Å². The number of β-amino-alcohol motifs (C(OH)–C–C–N with tert-alkyl or cyclic N) is 1. The molecule has 1 aliphatic rings. The summed E-state index contributed by atoms with van der Waals surface area (Å²) in [6.45, 7) is 5.38. The van der Waals surface area contributed by atoms with Gasteiger partial charge in [0.15, 0.2) is 0 Å². The molecule has 0 bridgehead atoms. The summed E-state index contributed by atoms with van der Waals surface area (Å²) in [7, 11) is 0. The zero-order valence-electron chi connectivity index (χ0n) is 11.9. The van der Waals surface area contributed by atoms with Crippen LogP contribution in [0.1, 0.15) is 31.7 Å². The Hall–Kier alpha value is -0.900. The molecule has 3 heteroatoms. The summed E-state index contributed by atoms with van der Waals surface area (Å²) < 4.78 is 0. The first-order valence-electron chi connectivity index (χ1n) is 7.36. The Morgan fingerprint density at radius 1 is 1.37 bits per heavy atom. The molecule has 1 aromatic carbocycles. The zero-order valence-corrected chi connectivity index (χ0v) is 11.9. The molecule has 19 heavy (non-hydrogen) atoms. The molecule has 1 fully saturated rings. The number of rotatable bonds is 6. The molecule has 2 unspecified atom stereocenters. The molecule has 0 amide bonds. The third kappa shape index (κ3) is 3.56. The van der Waals surface area contributed by atoms with Crippen molar-refractivity contribution in [2.75, 3.05) is 19.6 Å². The molecule has 2 atom stereocenters. The Bertz CT molecular complexity index is 382. The van der Waals surface area contributed by atoms with Crippen LogP contribution in [0.2, 0.25) is 0 Å². The first kappa shape index (κ1) is 14.5. The van der Waals surface area contributed by atoms with Crippen molar-refractivity contribution in [2.24, 2.45) is 11.7 Å². The summed E-state index contributed by atoms with van der Waals surface area (Å²) >= 11 is 0. The molecule has 0 aromatic heterocycles. The molecule has 106 valence electrons. The van der Waals surface area contributed by atoms with Gasteiger partial charge in [-0.25, -0.2) is 0 Å². The smallest absolute Gasteiger partial charge is 0.0826 e. The molecule has 1 aromatic rings. The minimum absolute atomic E-state index is 0.235. The van der Waals surface area contributed by atoms with E-state index in [0.717, 1.165) is 38.9 Å². The molecule has 0 spiro atoms. The normalized spacial score (nSPS) is 25.6. The summed E-state index contributed by atoms with van der Waals surface area (Å²) in [5.74, 6) is 0.235. The van der Waals surface area contributed by atoms with Crippen LogP contribution in [-0.4, -0.2) is 35.2 Å². The second-order valence-electron chi connectivity index (χ2n) is 5.77. The lowest BCUT2D eigenvalue weighted by Gasteiger charge is -2.32. The van der Waals surface area contributed by atoms with Crippen LogP contribution >= 0.6 is 0 Å². The Kier molecular flexibility index (Phi) is 4.97. The van der Waals surface area contributed by atoms with Crippen LogP contribution in [0.4, 0.5) is 0 Å². The molecule has 1 saturated heterocycles. The molecule has 1 aliphatic heterocycles. The van der Waals surface area contributed by atoms with Gasteiger partial charge in [0.05, 0.1) is 5.60 Å². The molecule has 0 radical (unpaired) electrons. The van der Waals surface area contributed by atoms with Crippen LogP contribution in [0.5, 0.6) is 0 Å². The van der Waals surface area contributed by atoms with Crippen molar-refractivity contribution in [1.82, 2.24) is 4.90 Å². The third-order valence-corrected chi connectivity index (χ3v) is 4.29. The molecule has 2 rings (SSSR count). The van der Waals surface area contributed by atoms with E-state index in [9.17, 15) is 5.11 Å². The third-order valence-electron chi connectivity index (χ3n) is 4.29. The van der Waals surface area contributed by atoms with Crippen LogP contribution in [0.15, 0.2) is 30.3 Å². The fraction of sp³-hybridized carbons (Fsp3) is 0.625. The topological polar surface area (TPSA) is 49.5 Å². The van der Waals surface area contributed by atoms with Crippen molar-refractivity contribution in [1.29, 1.82) is 0 Å². The second-order valence-corrected chi connectivity index (χ2v) is 5.77. The maximum atomic E-state index is 10.8. The van der Waals surface area contributed by atoms with Gasteiger partial charge in [0.1, 0.15) is 0 Å². The summed E-state index contributed by atoms with van der Waals surface area (Å²) in [5.41, 5.74) is 6.57. The monoisotopic (exact) mass is 262 g/mol. The second kappa shape index (κ2) is 6.51. The van der Waals surface area contributed by atoms with E-state index in [1.807, 2.05) is 6.07 Å². The molecular weight excluding hydrogens is 236 g/mol. The zero-order chi connectivity index (χ0) is 13.7. The van der Waals surface area contributed by atoms with Crippen molar-refractivity contribution in [2.45, 2.75) is 38.3 Å². The lowest BCUT2D eigenvalue weighted by molar-refractivity contribution is -0.00988. The van der Waals surface area contributed by atoms with Gasteiger partial charge in [-0.15, -0.1) is 0 Å². The van der Waals surface area contributed by atoms with E-state index in [-0.39, 0.29) is 5.92 Å². The maximum Gasteiger partial charge on any atom is 0.0826 e. The average molecular weight is 262 g/mol. The highest BCUT2D eigenvalue weighted by molar-refractivity contribution is 5.15. The number of benzene rings is 1. The molecule has 1 heterocycles. The number of nitrogens with zero attached hydrogens (tertiary/aromatic N) is 1. The Labute approximate surface area is 116 Å². The maximum absolute atomic E-state index is 10.8. The van der Waals surface area contributed by atoms with E-state index >= 15 is 0 Å². The number of nitrogens with two attached hydrogens (primary N) is 1. The highest BCUT2D eigenvalue weighted by Gasteiger charge is 2.41. The SMILES string of the molecule is CCCC(CN)C1(O)CCN(Cc2ccccc2)C1. The quantitative estimate of drug-likeness (QED) is 0.824. The van der Waals surface area contributed by atoms with Crippen LogP contribution in [0.25, 0.3) is 0 Å². The van der Waals surface area contributed by atoms with Crippen LogP contribution in [-0.2, 0) is 6.54 Å². The largest absolute Gasteiger partial charge is 0.388 e. The van der Waals surface area contributed by atoms with E-state index in [1.165, 1.54) is 5.56 Å². The van der Waals surface area contributed by atoms with Gasteiger partial charge in [0.2, 0.25) is 0 Å². The first-order chi connectivity index (χ1) is 9.18. The van der Waals surface area contributed by atoms with E-state index in [2.05, 4.69) is 36.1 Å². The predicted molar refractivity (Wildman–Crippen MR) is 78.7 cm³/mol. The Morgan fingerprint density at radius 3 is 2.74 bits per heavy atom. The highest BCUT2D eigenvalue weighted by Crippen LogP contribution is 2.32. The van der Waals surface area contributed by atoms with Gasteiger partial charge in [-0.1, -0.05) is 43.7 Å². The average Bonchev–Trinajstić information content (AvgIpc) is 2.79. The number of hydrogen-bond acceptors (Lipinski definition) is 3. The highest BCUT2D eigenvalue weighted by atomic mass is 16.3. The van der Waals surface area contributed by atoms with E-state index in [4.69, 9.17) is 5.73 Å². The van der Waals surface area contributed by atoms with Gasteiger partial charge >= 0.3 is 0 Å². The van der Waals surface area contributed by atoms with Gasteiger partial charge in [0, 0.05) is 25.6 Å². The Morgan fingerprint density at radius 2 is 2.11 bits per heavy atom. The van der Waals surface area contributed by atoms with Gasteiger partial charge in [0.25, 0.3) is 0 Å². The molecular formula is C16H26N2O. The van der Waals surface area contributed by atoms with Gasteiger partial charge in [-0.2, -0.15) is 0 Å². The van der Waals surface area contributed by atoms with E-state index < -0.39 is 5.60 Å². The van der Waals surface area contributed by atoms with Crippen LogP contribution in [0.3, 0.4) is 0 Å². The fourth-order valence-electron chi connectivity index (χ4n) is 3.16. The summed E-state index contributed by atoms with van der Waals surface area (Å²) in [6, 6.07) is 10.5. The lowest BCUT2D eigenvalue weighted by Crippen LogP contribution is -2.44. The number of likely N-dealkylation sites (tertiary alicyclic amines) is 1. The van der Waals surface area contributed by atoms with Gasteiger partial charge in [-0.3, -0.25) is 4.90 Å². The van der Waals surface area contributed by atoms with Crippen molar-refractivity contribution in [3.63, 3.8) is 0 Å². The van der Waals surface area contributed by atoms with Crippen molar-refractivity contribution in [3.8, 4) is 0 Å². The Balaban J connectivity index is 1.95. The predicted octanol–water partition coefficient (Wildman–Crippen LogP) is 2.00. The van der Waals surface area contributed by atoms with Crippen LogP contribution < -0.4 is 5.73 Å². The van der Waals surface area contributed by atoms with Crippen LogP contribution in [0, 0.1) is 5.92 Å². The molecule has 0 saturated carbocycles. The molecule has 3 N–H and O–H groups in total. The van der Waals surface area contributed by atoms with Crippen molar-refractivity contribution < 1.29 is 5.11 Å². The minimum Gasteiger partial charge on any atom is -0.388 e. The minimum atomic E-state index is -0.584. The lowest BCUT2D eigenvalue weighted by atomic mass is 9.83. The van der Waals surface area contributed by atoms with Crippen molar-refractivity contribution in [3.05, 3.63) is 35.9 Å². The molecule has 3 nitrogen and oxygen atoms in total. The molecule has 0 aliphatic carbocycles. The summed E-state index contributed by atoms with van der Waals surface area (Å²) in [4.78, 5) is 2.34. The number of aliphatic hydroxyl groups is 1. The standard InChI is InChI=1S/C16H26N2O/c1-2-6-15(11-17)16(19)9-10-18(13-16)12-14-7-4-3-5-8-14/h3-5,7-8,15,19H,2,6,9-13,17H2,1H3. The van der Waals surface area contributed by atoms with Gasteiger partial charge in [-0.05, 0) is 24.9 Å². The fourth-order valence-corrected chi connectivity index (χ4v) is 3.16. The van der Waals surface area contributed by atoms with E-state index in [0.29, 0.717) is 6.54 Å². The first-order valence-corrected chi connectivity index (χ1v) is 7.36. The summed E-state index contributed by atoms with van der Waals surface area (Å²) in [5, 5.41) is 10.8. The summed E-state index contributed by atoms with van der Waals surface area (Å²) in [6.07, 6.45) is 2.96. The van der Waals surface area contributed by atoms with Crippen molar-refractivity contribution >= 4 is 0 Å². The number of hydrogen-bond donors (Lipinski definition) is 2.